The van der Waals surface area contributed by atoms with Gasteiger partial charge < -0.3 is 20.9 Å². The van der Waals surface area contributed by atoms with Crippen LogP contribution in [0.5, 0.6) is 0 Å². The van der Waals surface area contributed by atoms with Crippen LogP contribution in [0.2, 0.25) is 0 Å². The number of amides is 2. The van der Waals surface area contributed by atoms with Gasteiger partial charge in [0.1, 0.15) is 0 Å². The van der Waals surface area contributed by atoms with Crippen molar-refractivity contribution in [2.45, 2.75) is 52.4 Å². The predicted molar refractivity (Wildman–Crippen MR) is 165 cm³/mol. The van der Waals surface area contributed by atoms with Gasteiger partial charge >= 0.3 is 0 Å². The van der Waals surface area contributed by atoms with Crippen molar-refractivity contribution in [2.24, 2.45) is 0 Å². The summed E-state index contributed by atoms with van der Waals surface area (Å²) < 4.78 is 21.9. The lowest BCUT2D eigenvalue weighted by Gasteiger charge is -2.33. The molecule has 0 spiro atoms. The number of nitrogens with one attached hydrogen (secondary N) is 4. The predicted octanol–water partition coefficient (Wildman–Crippen LogP) is 6.30. The summed E-state index contributed by atoms with van der Waals surface area (Å²) in [6.07, 6.45) is 9.57. The molecule has 2 aromatic rings. The van der Waals surface area contributed by atoms with E-state index in [0.29, 0.717) is 46.1 Å². The highest BCUT2D eigenvalue weighted by Crippen LogP contribution is 2.51. The standard InChI is InChI=1S/C27H34N4O4S.C2H6.ClH/c1-4-28-12-13-29-27(33)25-17(2)24(30-18(25)3)15-22-21-14-20(10-11-23(21)31-26(22)32)36(34,35)16-19-8-6-5-7-9-19;1-2;/h6,8-11,14-15,28,30,34-35H,4-5,7,12-13,16H2,1-3H3,(H,29,33)(H,31,32);1-2H3;1H/b22-15-;;. The van der Waals surface area contributed by atoms with Gasteiger partial charge in [-0.2, -0.15) is 10.6 Å². The Hall–Kier alpha value is -2.82. The highest BCUT2D eigenvalue weighted by Gasteiger charge is 2.28. The average molecular weight is 577 g/mol. The largest absolute Gasteiger partial charge is 0.358 e. The SMILES string of the molecule is CC.CCNCCNC(=O)c1c(C)[nH]c(/C=C2\C(=O)Nc3ccc(S(O)(O)CC4=CCCC=C4)cc32)c1C.Cl. The molecular formula is C29H41ClN4O4S. The Kier molecular flexibility index (Phi) is 12.1. The summed E-state index contributed by atoms with van der Waals surface area (Å²) in [6.45, 7) is 11.7. The number of halogens is 1. The lowest BCUT2D eigenvalue weighted by molar-refractivity contribution is -0.110. The minimum atomic E-state index is -3.08. The van der Waals surface area contributed by atoms with Gasteiger partial charge in [0.15, 0.2) is 0 Å². The maximum Gasteiger partial charge on any atom is 0.256 e. The summed E-state index contributed by atoms with van der Waals surface area (Å²) in [5.41, 5.74) is 5.22. The number of aryl methyl sites for hydroxylation is 1. The molecule has 39 heavy (non-hydrogen) atoms. The highest BCUT2D eigenvalue weighted by molar-refractivity contribution is 8.24. The molecule has 6 N–H and O–H groups in total. The van der Waals surface area contributed by atoms with Gasteiger partial charge in [-0.15, -0.1) is 12.4 Å². The number of aromatic amines is 1. The van der Waals surface area contributed by atoms with Crippen LogP contribution in [0.15, 0.2) is 46.9 Å². The Labute approximate surface area is 239 Å². The van der Waals surface area contributed by atoms with Gasteiger partial charge in [0.2, 0.25) is 0 Å². The topological polar surface area (TPSA) is 126 Å². The quantitative estimate of drug-likeness (QED) is 0.154. The van der Waals surface area contributed by atoms with Crippen LogP contribution in [0.1, 0.15) is 66.5 Å². The maximum atomic E-state index is 12.8. The number of allylic oxidation sites excluding steroid dienone is 3. The summed E-state index contributed by atoms with van der Waals surface area (Å²) in [7, 11) is -3.08. The number of rotatable bonds is 9. The molecule has 0 radical (unpaired) electrons. The van der Waals surface area contributed by atoms with E-state index < -0.39 is 10.6 Å². The normalized spacial score (nSPS) is 15.5. The number of anilines is 1. The van der Waals surface area contributed by atoms with Gasteiger partial charge in [-0.1, -0.05) is 39.0 Å². The van der Waals surface area contributed by atoms with E-state index in [-0.39, 0.29) is 30.0 Å². The van der Waals surface area contributed by atoms with Crippen LogP contribution in [0.25, 0.3) is 11.6 Å². The Bertz CT molecular complexity index is 1280. The van der Waals surface area contributed by atoms with Crippen molar-refractivity contribution in [3.8, 4) is 0 Å². The van der Waals surface area contributed by atoms with Crippen molar-refractivity contribution in [2.75, 3.05) is 30.7 Å². The zero-order valence-corrected chi connectivity index (χ0v) is 24.9. The fourth-order valence-corrected chi connectivity index (χ4v) is 5.98. The number of fused-ring (bicyclic) bond motifs is 1. The third kappa shape index (κ3) is 7.64. The van der Waals surface area contributed by atoms with E-state index in [9.17, 15) is 18.7 Å². The molecule has 1 aromatic carbocycles. The third-order valence-corrected chi connectivity index (χ3v) is 8.17. The van der Waals surface area contributed by atoms with Gasteiger partial charge in [-0.25, -0.2) is 0 Å². The molecule has 0 atom stereocenters. The first-order chi connectivity index (χ1) is 18.2. The molecule has 2 aliphatic rings. The summed E-state index contributed by atoms with van der Waals surface area (Å²) in [5, 5.41) is 8.94. The van der Waals surface area contributed by atoms with E-state index in [4.69, 9.17) is 0 Å². The number of carbonyl (C=O) groups excluding carboxylic acids is 2. The first kappa shape index (κ1) is 32.4. The Morgan fingerprint density at radius 2 is 1.90 bits per heavy atom. The summed E-state index contributed by atoms with van der Waals surface area (Å²) >= 11 is 0. The van der Waals surface area contributed by atoms with Gasteiger partial charge in [0.25, 0.3) is 11.8 Å². The molecule has 214 valence electrons. The van der Waals surface area contributed by atoms with Crippen molar-refractivity contribution in [1.29, 1.82) is 0 Å². The Balaban J connectivity index is 0.00000174. The minimum Gasteiger partial charge on any atom is -0.358 e. The molecule has 8 nitrogen and oxygen atoms in total. The lowest BCUT2D eigenvalue weighted by Crippen LogP contribution is -2.32. The average Bonchev–Trinajstić information content (AvgIpc) is 3.37. The molecule has 0 bridgehead atoms. The second-order valence-corrected chi connectivity index (χ2v) is 11.2. The molecular weight excluding hydrogens is 536 g/mol. The Morgan fingerprint density at radius 3 is 2.56 bits per heavy atom. The molecule has 0 saturated heterocycles. The van der Waals surface area contributed by atoms with Crippen LogP contribution in [-0.4, -0.2) is 51.3 Å². The van der Waals surface area contributed by atoms with Crippen LogP contribution >= 0.6 is 23.0 Å². The fraction of sp³-hybridized carbons (Fsp3) is 0.379. The summed E-state index contributed by atoms with van der Waals surface area (Å²) in [5.74, 6) is -0.300. The number of hydrogen-bond donors (Lipinski definition) is 6. The van der Waals surface area contributed by atoms with Crippen molar-refractivity contribution >= 4 is 52.1 Å². The second kappa shape index (κ2) is 14.5. The van der Waals surface area contributed by atoms with E-state index in [1.807, 2.05) is 52.8 Å². The molecule has 1 aliphatic heterocycles. The van der Waals surface area contributed by atoms with E-state index >= 15 is 0 Å². The molecule has 1 aromatic heterocycles. The molecule has 0 unspecified atom stereocenters. The van der Waals surface area contributed by atoms with Crippen molar-refractivity contribution in [3.63, 3.8) is 0 Å². The Morgan fingerprint density at radius 1 is 1.15 bits per heavy atom. The highest BCUT2D eigenvalue weighted by atomic mass is 35.5. The smallest absolute Gasteiger partial charge is 0.256 e. The zero-order valence-electron chi connectivity index (χ0n) is 23.3. The second-order valence-electron chi connectivity index (χ2n) is 9.06. The van der Waals surface area contributed by atoms with Crippen LogP contribution < -0.4 is 16.0 Å². The molecule has 0 fully saturated rings. The first-order valence-corrected chi connectivity index (χ1v) is 14.9. The van der Waals surface area contributed by atoms with Crippen molar-refractivity contribution in [1.82, 2.24) is 15.6 Å². The molecule has 2 heterocycles. The summed E-state index contributed by atoms with van der Waals surface area (Å²) in [4.78, 5) is 29.2. The molecule has 0 saturated carbocycles. The number of aromatic nitrogens is 1. The monoisotopic (exact) mass is 576 g/mol. The first-order valence-electron chi connectivity index (χ1n) is 13.2. The molecule has 4 rings (SSSR count). The van der Waals surface area contributed by atoms with Gasteiger partial charge in [-0.3, -0.25) is 18.7 Å². The van der Waals surface area contributed by atoms with Gasteiger partial charge in [0.05, 0.1) is 21.8 Å². The van der Waals surface area contributed by atoms with E-state index in [1.165, 1.54) is 0 Å². The van der Waals surface area contributed by atoms with Crippen LogP contribution in [0.4, 0.5) is 5.69 Å². The summed E-state index contributed by atoms with van der Waals surface area (Å²) in [6, 6.07) is 5.05. The molecule has 10 heteroatoms. The number of carbonyl (C=O) groups is 2. The van der Waals surface area contributed by atoms with Crippen molar-refractivity contribution < 1.29 is 18.7 Å². The minimum absolute atomic E-state index is 0. The third-order valence-electron chi connectivity index (χ3n) is 6.42. The van der Waals surface area contributed by atoms with Crippen molar-refractivity contribution in [3.05, 3.63) is 70.1 Å². The van der Waals surface area contributed by atoms with E-state index in [2.05, 4.69) is 20.9 Å². The molecule has 1 aliphatic carbocycles. The maximum absolute atomic E-state index is 12.8. The number of H-pyrrole nitrogens is 1. The number of hydrogen-bond acceptors (Lipinski definition) is 5. The van der Waals surface area contributed by atoms with E-state index in [0.717, 1.165) is 36.2 Å². The fourth-order valence-electron chi connectivity index (χ4n) is 4.54. The van der Waals surface area contributed by atoms with Gasteiger partial charge in [-0.05, 0) is 68.6 Å². The van der Waals surface area contributed by atoms with Gasteiger partial charge in [0, 0.05) is 35.7 Å². The van der Waals surface area contributed by atoms with Crippen LogP contribution in [-0.2, 0) is 4.79 Å². The lowest BCUT2D eigenvalue weighted by atomic mass is 10.0. The molecule has 2 amide bonds. The van der Waals surface area contributed by atoms with Crippen LogP contribution in [0, 0.1) is 13.8 Å². The number of likely N-dealkylation sites (N-methyl/N-ethyl adjacent to an activating group) is 1. The van der Waals surface area contributed by atoms with Crippen LogP contribution in [0.3, 0.4) is 0 Å². The number of benzene rings is 1. The zero-order chi connectivity index (χ0) is 27.9. The van der Waals surface area contributed by atoms with E-state index in [1.54, 1.807) is 24.3 Å².